The molecule has 0 saturated heterocycles. The van der Waals surface area contributed by atoms with Crippen molar-refractivity contribution in [3.05, 3.63) is 0 Å². The van der Waals surface area contributed by atoms with Gasteiger partial charge in [-0.25, -0.2) is 0 Å². The van der Waals surface area contributed by atoms with Crippen LogP contribution >= 0.6 is 0 Å². The first-order valence-electron chi connectivity index (χ1n) is 1.89. The molecule has 0 spiro atoms. The summed E-state index contributed by atoms with van der Waals surface area (Å²) < 4.78 is 47.4. The van der Waals surface area contributed by atoms with Gasteiger partial charge in [0.2, 0.25) is 0 Å². The summed E-state index contributed by atoms with van der Waals surface area (Å²) >= 11 is 0. The number of nitrogens with zero attached hydrogens (tertiary/aromatic N) is 2. The summed E-state index contributed by atoms with van der Waals surface area (Å²) in [5.74, 6) is 0. The third-order valence-corrected chi connectivity index (χ3v) is 0.378. The minimum absolute atomic E-state index is 1.12. The van der Waals surface area contributed by atoms with Crippen LogP contribution in [-0.4, -0.2) is 24.1 Å². The second kappa shape index (κ2) is 4.48. The Balaban J connectivity index is 2.91. The first kappa shape index (κ1) is 8.60. The number of hydrogen-bond donors (Lipinski definition) is 0. The maximum absolute atomic E-state index is 10.9. The molecule has 0 unspecified atom stereocenters. The number of halogens is 4. The van der Waals surface area contributed by atoms with E-state index < -0.39 is 24.1 Å². The fourth-order valence-corrected chi connectivity index (χ4v) is 0.179. The maximum atomic E-state index is 10.9. The molecule has 0 fully saturated rings. The van der Waals surface area contributed by atoms with Crippen molar-refractivity contribution in [2.75, 3.05) is 13.5 Å². The zero-order valence-corrected chi connectivity index (χ0v) is 4.23. The van der Waals surface area contributed by atoms with Crippen molar-refractivity contribution < 1.29 is 22.7 Å². The van der Waals surface area contributed by atoms with E-state index in [0.717, 1.165) is 0 Å². The Hall–Kier alpha value is -0.400. The van der Waals surface area contributed by atoms with Crippen LogP contribution in [0.5, 0.6) is 0 Å². The summed E-state index contributed by atoms with van der Waals surface area (Å²) in [6, 6.07) is 0. The van der Waals surface area contributed by atoms with Gasteiger partial charge in [0.25, 0.3) is 0 Å². The molecular formula is C2H4F4N2O. The molecule has 0 amide bonds. The number of rotatable bonds is 4. The average molecular weight is 148 g/mol. The van der Waals surface area contributed by atoms with Crippen molar-refractivity contribution >= 4 is 0 Å². The third-order valence-electron chi connectivity index (χ3n) is 0.378. The molecular weight excluding hydrogens is 144 g/mol. The van der Waals surface area contributed by atoms with Crippen molar-refractivity contribution in [1.29, 1.82) is 0 Å². The molecule has 0 rings (SSSR count). The van der Waals surface area contributed by atoms with Gasteiger partial charge in [-0.05, 0) is 0 Å². The van der Waals surface area contributed by atoms with Crippen LogP contribution in [0.15, 0.2) is 0 Å². The third kappa shape index (κ3) is 7.60. The molecule has 9 heavy (non-hydrogen) atoms. The van der Waals surface area contributed by atoms with Crippen LogP contribution in [0.2, 0.25) is 0 Å². The molecule has 0 aromatic carbocycles. The number of hydrogen-bond acceptors (Lipinski definition) is 3. The molecule has 56 valence electrons. The molecule has 3 nitrogen and oxygen atoms in total. The lowest BCUT2D eigenvalue weighted by Crippen LogP contribution is -2.14. The van der Waals surface area contributed by atoms with Crippen LogP contribution in [0.25, 0.3) is 0 Å². The van der Waals surface area contributed by atoms with Crippen molar-refractivity contribution in [2.45, 2.75) is 0 Å². The van der Waals surface area contributed by atoms with Gasteiger partial charge in [0.15, 0.2) is 13.5 Å². The highest BCUT2D eigenvalue weighted by Gasteiger charge is 2.01. The first-order chi connectivity index (χ1) is 4.13. The van der Waals surface area contributed by atoms with Gasteiger partial charge in [-0.3, -0.25) is 0 Å². The van der Waals surface area contributed by atoms with Crippen molar-refractivity contribution in [2.24, 2.45) is 0 Å². The fourth-order valence-electron chi connectivity index (χ4n) is 0.179. The van der Waals surface area contributed by atoms with Gasteiger partial charge in [0.05, 0.1) is 0 Å². The summed E-state index contributed by atoms with van der Waals surface area (Å²) in [7, 11) is 0. The van der Waals surface area contributed by atoms with Crippen LogP contribution in [-0.2, 0) is 4.74 Å². The molecule has 0 radical (unpaired) electrons. The molecule has 0 aromatic rings. The molecule has 0 aliphatic heterocycles. The Labute approximate surface area is 48.1 Å². The van der Waals surface area contributed by atoms with Crippen molar-refractivity contribution in [3.63, 3.8) is 0 Å². The second-order valence-electron chi connectivity index (χ2n) is 1.07. The molecule has 0 aromatic heterocycles. The normalized spacial score (nSPS) is 11.3. The average Bonchev–Trinajstić information content (AvgIpc) is 1.63. The Kier molecular flexibility index (Phi) is 4.28. The van der Waals surface area contributed by atoms with Crippen LogP contribution in [0.3, 0.4) is 0 Å². The summed E-state index contributed by atoms with van der Waals surface area (Å²) in [6.45, 7) is -2.24. The zero-order chi connectivity index (χ0) is 7.28. The molecule has 0 aliphatic rings. The Bertz CT molecular complexity index is 61.6. The van der Waals surface area contributed by atoms with E-state index in [2.05, 4.69) is 4.74 Å². The highest BCUT2D eigenvalue weighted by molar-refractivity contribution is 4.07. The van der Waals surface area contributed by atoms with E-state index in [-0.39, 0.29) is 0 Å². The minimum Gasteiger partial charge on any atom is -0.340 e. The van der Waals surface area contributed by atoms with Crippen LogP contribution in [0, 0.1) is 0 Å². The topological polar surface area (TPSA) is 15.7 Å². The first-order valence-corrected chi connectivity index (χ1v) is 1.89. The summed E-state index contributed by atoms with van der Waals surface area (Å²) in [5, 5.41) is -2.69. The second-order valence-corrected chi connectivity index (χ2v) is 1.07. The molecule has 7 heteroatoms. The fraction of sp³-hybridized carbons (Fsp3) is 1.00. The monoisotopic (exact) mass is 148 g/mol. The number of ether oxygens (including phenoxy) is 1. The van der Waals surface area contributed by atoms with E-state index in [0.29, 0.717) is 0 Å². The largest absolute Gasteiger partial charge is 0.340 e. The van der Waals surface area contributed by atoms with E-state index in [4.69, 9.17) is 0 Å². The van der Waals surface area contributed by atoms with E-state index >= 15 is 0 Å². The lowest BCUT2D eigenvalue weighted by Gasteiger charge is -2.01. The predicted molar refractivity (Wildman–Crippen MR) is 18.9 cm³/mol. The lowest BCUT2D eigenvalue weighted by atomic mass is 11.2. The van der Waals surface area contributed by atoms with Gasteiger partial charge in [-0.15, -0.1) is 0 Å². The van der Waals surface area contributed by atoms with E-state index in [9.17, 15) is 17.9 Å². The standard InChI is InChI=1S/C2H4F4N2O/c3-7(4)1-9-2-8(5)6/h1-2H2. The van der Waals surface area contributed by atoms with Gasteiger partial charge in [-0.1, -0.05) is 17.9 Å². The minimum atomic E-state index is -1.34. The molecule has 0 atom stereocenters. The van der Waals surface area contributed by atoms with Crippen LogP contribution in [0.1, 0.15) is 0 Å². The summed E-state index contributed by atoms with van der Waals surface area (Å²) in [6.07, 6.45) is 0. The highest BCUT2D eigenvalue weighted by Crippen LogP contribution is 1.92. The van der Waals surface area contributed by atoms with E-state index in [1.54, 1.807) is 0 Å². The Morgan fingerprint density at radius 2 is 1.22 bits per heavy atom. The zero-order valence-electron chi connectivity index (χ0n) is 4.23. The van der Waals surface area contributed by atoms with E-state index in [1.807, 2.05) is 0 Å². The maximum Gasteiger partial charge on any atom is 0.162 e. The van der Waals surface area contributed by atoms with Crippen molar-refractivity contribution in [1.82, 2.24) is 10.7 Å². The Morgan fingerprint density at radius 1 is 0.889 bits per heavy atom. The SMILES string of the molecule is FN(F)COCN(F)F. The predicted octanol–water partition coefficient (Wildman–Crippen LogP) is 1.06. The molecule has 0 aliphatic carbocycles. The van der Waals surface area contributed by atoms with Crippen molar-refractivity contribution in [3.8, 4) is 0 Å². The van der Waals surface area contributed by atoms with Gasteiger partial charge >= 0.3 is 0 Å². The molecule has 0 heterocycles. The summed E-state index contributed by atoms with van der Waals surface area (Å²) in [4.78, 5) is 0. The highest BCUT2D eigenvalue weighted by atomic mass is 19.4. The van der Waals surface area contributed by atoms with Gasteiger partial charge in [0.1, 0.15) is 0 Å². The lowest BCUT2D eigenvalue weighted by molar-refractivity contribution is -0.265. The van der Waals surface area contributed by atoms with Gasteiger partial charge in [-0.2, -0.15) is 0 Å². The Morgan fingerprint density at radius 3 is 1.44 bits per heavy atom. The summed E-state index contributed by atoms with van der Waals surface area (Å²) in [5.41, 5.74) is 0. The molecule has 0 saturated carbocycles. The van der Waals surface area contributed by atoms with Gasteiger partial charge in [0, 0.05) is 10.7 Å². The van der Waals surface area contributed by atoms with Crippen LogP contribution < -0.4 is 0 Å². The van der Waals surface area contributed by atoms with E-state index in [1.165, 1.54) is 0 Å². The van der Waals surface area contributed by atoms with Crippen LogP contribution in [0.4, 0.5) is 17.9 Å². The smallest absolute Gasteiger partial charge is 0.162 e. The molecule has 0 N–H and O–H groups in total. The van der Waals surface area contributed by atoms with Gasteiger partial charge < -0.3 is 4.74 Å². The molecule has 0 bridgehead atoms. The quantitative estimate of drug-likeness (QED) is 0.337.